The van der Waals surface area contributed by atoms with E-state index in [9.17, 15) is 4.39 Å². The molecule has 0 unspecified atom stereocenters. The summed E-state index contributed by atoms with van der Waals surface area (Å²) in [5, 5.41) is 0.970. The molecule has 1 aliphatic rings. The lowest BCUT2D eigenvalue weighted by atomic mass is 10.0. The van der Waals surface area contributed by atoms with E-state index in [0.717, 1.165) is 63.7 Å². The van der Waals surface area contributed by atoms with Gasteiger partial charge in [0.1, 0.15) is 5.82 Å². The Bertz CT molecular complexity index is 1000. The molecule has 4 nitrogen and oxygen atoms in total. The van der Waals surface area contributed by atoms with Gasteiger partial charge in [-0.05, 0) is 76.9 Å². The predicted octanol–water partition coefficient (Wildman–Crippen LogP) is 5.61. The number of thiazole rings is 1. The molecule has 1 aromatic carbocycles. The Hall–Kier alpha value is -1.54. The number of nitrogens with zero attached hydrogens (tertiary/aromatic N) is 3. The fourth-order valence-corrected chi connectivity index (χ4v) is 5.10. The fourth-order valence-electron chi connectivity index (χ4n) is 4.27. The van der Waals surface area contributed by atoms with Crippen LogP contribution in [-0.4, -0.2) is 34.1 Å². The molecule has 3 heterocycles. The number of pyridine rings is 1. The lowest BCUT2D eigenvalue weighted by Crippen LogP contribution is -2.41. The van der Waals surface area contributed by atoms with Crippen molar-refractivity contribution in [3.05, 3.63) is 57.6 Å². The maximum atomic E-state index is 14.8. The second-order valence-electron chi connectivity index (χ2n) is 8.08. The van der Waals surface area contributed by atoms with Gasteiger partial charge in [-0.25, -0.2) is 9.37 Å². The van der Waals surface area contributed by atoms with Gasteiger partial charge in [-0.1, -0.05) is 0 Å². The first-order valence-corrected chi connectivity index (χ1v) is 11.1. The van der Waals surface area contributed by atoms with Gasteiger partial charge in [-0.15, -0.1) is 11.3 Å². The van der Waals surface area contributed by atoms with Crippen LogP contribution in [0.2, 0.25) is 0 Å². The zero-order valence-electron chi connectivity index (χ0n) is 18.0. The summed E-state index contributed by atoms with van der Waals surface area (Å²) in [6, 6.07) is 7.72. The molecule has 30 heavy (non-hydrogen) atoms. The quantitative estimate of drug-likeness (QED) is 0.509. The smallest absolute Gasteiger partial charge is 0.129 e. The Morgan fingerprint density at radius 3 is 2.63 bits per heavy atom. The summed E-state index contributed by atoms with van der Waals surface area (Å²) in [6.07, 6.45) is 2.26. The van der Waals surface area contributed by atoms with Crippen molar-refractivity contribution in [2.24, 2.45) is 0 Å². The van der Waals surface area contributed by atoms with E-state index in [4.69, 9.17) is 4.74 Å². The van der Waals surface area contributed by atoms with Crippen LogP contribution in [0.3, 0.4) is 0 Å². The first-order chi connectivity index (χ1) is 13.9. The average molecular weight is 448 g/mol. The molecule has 0 saturated carbocycles. The molecule has 0 amide bonds. The minimum atomic E-state index is -0.139. The minimum absolute atomic E-state index is 0. The van der Waals surface area contributed by atoms with Crippen LogP contribution in [0.1, 0.15) is 53.3 Å². The lowest BCUT2D eigenvalue weighted by Gasteiger charge is -2.37. The van der Waals surface area contributed by atoms with Crippen LogP contribution in [0.25, 0.3) is 10.2 Å². The zero-order valence-corrected chi connectivity index (χ0v) is 19.9. The van der Waals surface area contributed by atoms with Crippen LogP contribution in [0, 0.1) is 26.6 Å². The summed E-state index contributed by atoms with van der Waals surface area (Å²) in [4.78, 5) is 11.3. The van der Waals surface area contributed by atoms with Gasteiger partial charge in [0.25, 0.3) is 0 Å². The highest BCUT2D eigenvalue weighted by Crippen LogP contribution is 2.32. The molecule has 7 heteroatoms. The van der Waals surface area contributed by atoms with Crippen LogP contribution >= 0.6 is 24.8 Å². The Morgan fingerprint density at radius 1 is 1.17 bits per heavy atom. The van der Waals surface area contributed by atoms with Crippen LogP contribution in [-0.2, 0) is 11.3 Å². The minimum Gasteiger partial charge on any atom is -0.372 e. The molecule has 2 aromatic heterocycles. The number of aryl methyl sites for hydroxylation is 3. The van der Waals surface area contributed by atoms with Crippen molar-refractivity contribution in [3.63, 3.8) is 0 Å². The number of piperidine rings is 1. The first kappa shape index (κ1) is 23.1. The van der Waals surface area contributed by atoms with Gasteiger partial charge in [-0.2, -0.15) is 13.5 Å². The van der Waals surface area contributed by atoms with E-state index in [2.05, 4.69) is 33.9 Å². The van der Waals surface area contributed by atoms with Gasteiger partial charge in [-0.3, -0.25) is 9.88 Å². The number of fused-ring (bicyclic) bond motifs is 1. The van der Waals surface area contributed by atoms with Crippen molar-refractivity contribution in [1.82, 2.24) is 14.9 Å². The molecule has 1 saturated heterocycles. The van der Waals surface area contributed by atoms with E-state index in [-0.39, 0.29) is 31.5 Å². The van der Waals surface area contributed by atoms with E-state index >= 15 is 0 Å². The van der Waals surface area contributed by atoms with Gasteiger partial charge in [0, 0.05) is 29.5 Å². The summed E-state index contributed by atoms with van der Waals surface area (Å²) in [5.74, 6) is -0.139. The monoisotopic (exact) mass is 447 g/mol. The van der Waals surface area contributed by atoms with Gasteiger partial charge < -0.3 is 4.74 Å². The normalized spacial score (nSPS) is 18.4. The van der Waals surface area contributed by atoms with Gasteiger partial charge >= 0.3 is 0 Å². The number of halogens is 1. The van der Waals surface area contributed by atoms with E-state index < -0.39 is 0 Å². The Kier molecular flexibility index (Phi) is 7.50. The molecular formula is C23H30FN3OS2. The van der Waals surface area contributed by atoms with Crippen molar-refractivity contribution < 1.29 is 9.13 Å². The predicted molar refractivity (Wildman–Crippen MR) is 126 cm³/mol. The van der Waals surface area contributed by atoms with E-state index in [1.165, 1.54) is 11.3 Å². The summed E-state index contributed by atoms with van der Waals surface area (Å²) < 4.78 is 21.9. The maximum absolute atomic E-state index is 14.8. The highest BCUT2D eigenvalue weighted by molar-refractivity contribution is 7.59. The molecule has 1 fully saturated rings. The number of hydrogen-bond acceptors (Lipinski definition) is 5. The zero-order chi connectivity index (χ0) is 20.5. The molecule has 1 aliphatic heterocycles. The summed E-state index contributed by atoms with van der Waals surface area (Å²) >= 11 is 1.54. The third kappa shape index (κ3) is 5.19. The van der Waals surface area contributed by atoms with Crippen molar-refractivity contribution in [2.45, 2.75) is 59.3 Å². The summed E-state index contributed by atoms with van der Waals surface area (Å²) in [7, 11) is 0. The van der Waals surface area contributed by atoms with Crippen LogP contribution in [0.15, 0.2) is 24.3 Å². The molecule has 0 bridgehead atoms. The number of rotatable bonds is 5. The van der Waals surface area contributed by atoms with Crippen molar-refractivity contribution in [2.75, 3.05) is 13.1 Å². The van der Waals surface area contributed by atoms with Crippen molar-refractivity contribution in [1.29, 1.82) is 0 Å². The molecule has 0 radical (unpaired) electrons. The third-order valence-corrected chi connectivity index (χ3v) is 6.58. The van der Waals surface area contributed by atoms with Crippen molar-refractivity contribution in [3.8, 4) is 0 Å². The first-order valence-electron chi connectivity index (χ1n) is 10.3. The van der Waals surface area contributed by atoms with Gasteiger partial charge in [0.05, 0.1) is 27.9 Å². The van der Waals surface area contributed by atoms with Gasteiger partial charge in [0.2, 0.25) is 0 Å². The molecule has 4 rings (SSSR count). The van der Waals surface area contributed by atoms with E-state index in [0.29, 0.717) is 6.61 Å². The highest BCUT2D eigenvalue weighted by Gasteiger charge is 2.27. The highest BCUT2D eigenvalue weighted by atomic mass is 32.1. The molecule has 162 valence electrons. The molecule has 0 spiro atoms. The standard InChI is InChI=1S/C23H28FN3OS.H2S/c1-14-8-18(9-15(2)25-14)13-28-19-6-5-7-27(12-19)16(3)20-10-22-23(11-21(20)24)29-17(4)26-22;/h8-11,16,19H,5-7,12-13H2,1-4H3;1H2/t16-,19-;/m0./s1. The third-order valence-electron chi connectivity index (χ3n) is 5.65. The Morgan fingerprint density at radius 2 is 1.90 bits per heavy atom. The molecule has 0 aliphatic carbocycles. The average Bonchev–Trinajstić information content (AvgIpc) is 3.03. The largest absolute Gasteiger partial charge is 0.372 e. The van der Waals surface area contributed by atoms with E-state index in [1.807, 2.05) is 26.8 Å². The number of likely N-dealkylation sites (tertiary alicyclic amines) is 1. The van der Waals surface area contributed by atoms with E-state index in [1.54, 1.807) is 6.07 Å². The fraction of sp³-hybridized carbons (Fsp3) is 0.478. The summed E-state index contributed by atoms with van der Waals surface area (Å²) in [5.41, 5.74) is 4.82. The number of aromatic nitrogens is 2. The SMILES string of the molecule is Cc1cc(CO[C@H]2CCCN([C@@H](C)c3cc4nc(C)sc4cc3F)C2)cc(C)n1.S. The number of benzene rings is 1. The molecular weight excluding hydrogens is 417 g/mol. The second-order valence-corrected chi connectivity index (χ2v) is 9.31. The lowest BCUT2D eigenvalue weighted by molar-refractivity contribution is -0.0202. The van der Waals surface area contributed by atoms with Crippen molar-refractivity contribution >= 4 is 35.0 Å². The Labute approximate surface area is 188 Å². The second kappa shape index (κ2) is 9.73. The maximum Gasteiger partial charge on any atom is 0.129 e. The summed E-state index contributed by atoms with van der Waals surface area (Å²) in [6.45, 7) is 10.4. The molecule has 0 N–H and O–H groups in total. The van der Waals surface area contributed by atoms with Gasteiger partial charge in [0.15, 0.2) is 0 Å². The topological polar surface area (TPSA) is 38.2 Å². The number of hydrogen-bond donors (Lipinski definition) is 0. The number of ether oxygens (including phenoxy) is 1. The molecule has 2 atom stereocenters. The molecule has 3 aromatic rings. The van der Waals surface area contributed by atoms with Crippen LogP contribution in [0.4, 0.5) is 4.39 Å². The Balaban J connectivity index is 0.00000256. The van der Waals surface area contributed by atoms with Crippen LogP contribution < -0.4 is 0 Å². The van der Waals surface area contributed by atoms with Crippen LogP contribution in [0.5, 0.6) is 0 Å².